The molecule has 6 heteroatoms. The van der Waals surface area contributed by atoms with Crippen molar-refractivity contribution >= 4 is 21.8 Å². The van der Waals surface area contributed by atoms with E-state index in [4.69, 9.17) is 4.74 Å². The van der Waals surface area contributed by atoms with Gasteiger partial charge in [0.2, 0.25) is 5.91 Å². The lowest BCUT2D eigenvalue weighted by molar-refractivity contribution is -0.121. The van der Waals surface area contributed by atoms with Gasteiger partial charge in [-0.15, -0.1) is 0 Å². The van der Waals surface area contributed by atoms with Crippen LogP contribution in [0.5, 0.6) is 5.75 Å². The first kappa shape index (κ1) is 19.2. The number of halogens is 1. The smallest absolute Gasteiger partial charge is 0.220 e. The highest BCUT2D eigenvalue weighted by molar-refractivity contribution is 9.10. The molecule has 5 nitrogen and oxygen atoms in total. The second-order valence-electron chi connectivity index (χ2n) is 6.31. The predicted molar refractivity (Wildman–Crippen MR) is 109 cm³/mol. The standard InChI is InChI=1S/C21H22BrN3O2/c1-15(17-9-10-20(27-2)19(22)12-17)24-21(26)11-8-16-13-23-25(14-16)18-6-4-3-5-7-18/h3-7,9-10,12-15H,8,11H2,1-2H3,(H,24,26). The Kier molecular flexibility index (Phi) is 6.29. The minimum absolute atomic E-state index is 0.0156. The summed E-state index contributed by atoms with van der Waals surface area (Å²) in [7, 11) is 1.63. The van der Waals surface area contributed by atoms with Crippen LogP contribution in [-0.2, 0) is 11.2 Å². The summed E-state index contributed by atoms with van der Waals surface area (Å²) in [5, 5.41) is 7.41. The zero-order chi connectivity index (χ0) is 19.2. The molecule has 140 valence electrons. The number of carbonyl (C=O) groups is 1. The first-order valence-corrected chi connectivity index (χ1v) is 9.58. The molecule has 0 radical (unpaired) electrons. The van der Waals surface area contributed by atoms with Crippen molar-refractivity contribution in [1.29, 1.82) is 0 Å². The third kappa shape index (κ3) is 4.98. The number of nitrogens with zero attached hydrogens (tertiary/aromatic N) is 2. The molecule has 0 aliphatic carbocycles. The Morgan fingerprint density at radius 1 is 1.26 bits per heavy atom. The highest BCUT2D eigenvalue weighted by Gasteiger charge is 2.12. The van der Waals surface area contributed by atoms with Gasteiger partial charge in [0.25, 0.3) is 0 Å². The predicted octanol–water partition coefficient (Wildman–Crippen LogP) is 4.45. The van der Waals surface area contributed by atoms with E-state index in [9.17, 15) is 4.79 Å². The molecule has 0 aliphatic rings. The Balaban J connectivity index is 1.54. The fourth-order valence-corrected chi connectivity index (χ4v) is 3.38. The van der Waals surface area contributed by atoms with Gasteiger partial charge in [0.1, 0.15) is 5.75 Å². The molecule has 1 amide bonds. The Hall–Kier alpha value is -2.60. The lowest BCUT2D eigenvalue weighted by Crippen LogP contribution is -2.26. The highest BCUT2D eigenvalue weighted by Crippen LogP contribution is 2.28. The molecule has 0 spiro atoms. The molecule has 1 atom stereocenters. The first-order chi connectivity index (χ1) is 13.1. The molecule has 2 aromatic carbocycles. The molecule has 0 saturated carbocycles. The molecular formula is C21H22BrN3O2. The van der Waals surface area contributed by atoms with Crippen molar-refractivity contribution in [3.8, 4) is 11.4 Å². The van der Waals surface area contributed by atoms with Crippen LogP contribution in [-0.4, -0.2) is 22.8 Å². The molecule has 1 heterocycles. The number of rotatable bonds is 7. The van der Waals surface area contributed by atoms with Gasteiger partial charge in [-0.25, -0.2) is 4.68 Å². The Labute approximate surface area is 167 Å². The van der Waals surface area contributed by atoms with Crippen molar-refractivity contribution < 1.29 is 9.53 Å². The van der Waals surface area contributed by atoms with Gasteiger partial charge >= 0.3 is 0 Å². The van der Waals surface area contributed by atoms with Gasteiger partial charge in [-0.3, -0.25) is 4.79 Å². The number of nitrogens with one attached hydrogen (secondary N) is 1. The van der Waals surface area contributed by atoms with Crippen molar-refractivity contribution in [2.24, 2.45) is 0 Å². The Morgan fingerprint density at radius 3 is 2.74 bits per heavy atom. The third-order valence-electron chi connectivity index (χ3n) is 4.35. The normalized spacial score (nSPS) is 11.8. The molecule has 0 fully saturated rings. The van der Waals surface area contributed by atoms with Gasteiger partial charge in [-0.05, 0) is 64.7 Å². The minimum Gasteiger partial charge on any atom is -0.496 e. The number of hydrogen-bond acceptors (Lipinski definition) is 3. The fraction of sp³-hybridized carbons (Fsp3) is 0.238. The summed E-state index contributed by atoms with van der Waals surface area (Å²) in [6.45, 7) is 1.97. The van der Waals surface area contributed by atoms with E-state index in [0.717, 1.165) is 27.0 Å². The van der Waals surface area contributed by atoms with E-state index in [0.29, 0.717) is 12.8 Å². The molecule has 1 aromatic heterocycles. The second-order valence-corrected chi connectivity index (χ2v) is 7.17. The first-order valence-electron chi connectivity index (χ1n) is 8.78. The number of benzene rings is 2. The molecule has 1 N–H and O–H groups in total. The largest absolute Gasteiger partial charge is 0.496 e. The van der Waals surface area contributed by atoms with Crippen LogP contribution in [0, 0.1) is 0 Å². The second kappa shape index (κ2) is 8.86. The third-order valence-corrected chi connectivity index (χ3v) is 4.97. The SMILES string of the molecule is COc1ccc(C(C)NC(=O)CCc2cnn(-c3ccccc3)c2)cc1Br. The summed E-state index contributed by atoms with van der Waals surface area (Å²) in [6, 6.07) is 15.7. The van der Waals surface area contributed by atoms with Crippen LogP contribution < -0.4 is 10.1 Å². The monoisotopic (exact) mass is 427 g/mol. The van der Waals surface area contributed by atoms with Crippen LogP contribution in [0.2, 0.25) is 0 Å². The lowest BCUT2D eigenvalue weighted by atomic mass is 10.1. The fourth-order valence-electron chi connectivity index (χ4n) is 2.82. The van der Waals surface area contributed by atoms with Gasteiger partial charge in [-0.2, -0.15) is 5.10 Å². The van der Waals surface area contributed by atoms with Gasteiger partial charge in [-0.1, -0.05) is 24.3 Å². The molecule has 0 aliphatic heterocycles. The lowest BCUT2D eigenvalue weighted by Gasteiger charge is -2.15. The van der Waals surface area contributed by atoms with E-state index in [-0.39, 0.29) is 11.9 Å². The number of amides is 1. The Bertz CT molecular complexity index is 909. The molecule has 3 rings (SSSR count). The van der Waals surface area contributed by atoms with Gasteiger partial charge in [0.05, 0.1) is 29.5 Å². The van der Waals surface area contributed by atoms with E-state index in [1.165, 1.54) is 0 Å². The van der Waals surface area contributed by atoms with Crippen LogP contribution in [0.4, 0.5) is 0 Å². The van der Waals surface area contributed by atoms with Crippen molar-refractivity contribution in [3.05, 3.63) is 76.5 Å². The summed E-state index contributed by atoms with van der Waals surface area (Å²) in [4.78, 5) is 12.3. The van der Waals surface area contributed by atoms with E-state index in [1.54, 1.807) is 7.11 Å². The van der Waals surface area contributed by atoms with Crippen LogP contribution in [0.1, 0.15) is 30.5 Å². The summed E-state index contributed by atoms with van der Waals surface area (Å²) in [6.07, 6.45) is 4.84. The number of carbonyl (C=O) groups excluding carboxylic acids is 1. The average molecular weight is 428 g/mol. The van der Waals surface area contributed by atoms with Crippen LogP contribution >= 0.6 is 15.9 Å². The van der Waals surface area contributed by atoms with Crippen LogP contribution in [0.25, 0.3) is 5.69 Å². The molecule has 27 heavy (non-hydrogen) atoms. The molecule has 0 bridgehead atoms. The van der Waals surface area contributed by atoms with Crippen molar-refractivity contribution in [2.75, 3.05) is 7.11 Å². The summed E-state index contributed by atoms with van der Waals surface area (Å²) >= 11 is 3.48. The zero-order valence-corrected chi connectivity index (χ0v) is 16.9. The maximum absolute atomic E-state index is 12.3. The topological polar surface area (TPSA) is 56.1 Å². The minimum atomic E-state index is -0.0771. The number of para-hydroxylation sites is 1. The number of aryl methyl sites for hydroxylation is 1. The van der Waals surface area contributed by atoms with E-state index in [1.807, 2.05) is 72.5 Å². The maximum atomic E-state index is 12.3. The number of ether oxygens (including phenoxy) is 1. The Morgan fingerprint density at radius 2 is 2.04 bits per heavy atom. The number of methoxy groups -OCH3 is 1. The van der Waals surface area contributed by atoms with Crippen LogP contribution in [0.3, 0.4) is 0 Å². The zero-order valence-electron chi connectivity index (χ0n) is 15.4. The van der Waals surface area contributed by atoms with E-state index in [2.05, 4.69) is 26.3 Å². The van der Waals surface area contributed by atoms with Crippen molar-refractivity contribution in [1.82, 2.24) is 15.1 Å². The number of hydrogen-bond donors (Lipinski definition) is 1. The van der Waals surface area contributed by atoms with Crippen LogP contribution in [0.15, 0.2) is 65.4 Å². The summed E-state index contributed by atoms with van der Waals surface area (Å²) in [5.41, 5.74) is 3.06. The molecule has 0 saturated heterocycles. The van der Waals surface area contributed by atoms with Gasteiger partial charge in [0, 0.05) is 12.6 Å². The van der Waals surface area contributed by atoms with Gasteiger partial charge in [0.15, 0.2) is 0 Å². The molecule has 1 unspecified atom stereocenters. The number of aromatic nitrogens is 2. The highest BCUT2D eigenvalue weighted by atomic mass is 79.9. The van der Waals surface area contributed by atoms with Crippen molar-refractivity contribution in [2.45, 2.75) is 25.8 Å². The maximum Gasteiger partial charge on any atom is 0.220 e. The quantitative estimate of drug-likeness (QED) is 0.605. The van der Waals surface area contributed by atoms with Gasteiger partial charge < -0.3 is 10.1 Å². The summed E-state index contributed by atoms with van der Waals surface area (Å²) < 4.78 is 7.94. The van der Waals surface area contributed by atoms with E-state index < -0.39 is 0 Å². The summed E-state index contributed by atoms with van der Waals surface area (Å²) in [5.74, 6) is 0.787. The molecular weight excluding hydrogens is 406 g/mol. The molecule has 3 aromatic rings. The van der Waals surface area contributed by atoms with E-state index >= 15 is 0 Å². The average Bonchev–Trinajstić information content (AvgIpc) is 3.16. The van der Waals surface area contributed by atoms with Crippen molar-refractivity contribution in [3.63, 3.8) is 0 Å².